The minimum atomic E-state index is -1.26. The molecule has 23 heavy (non-hydrogen) atoms. The van der Waals surface area contributed by atoms with E-state index in [9.17, 15) is 9.59 Å². The van der Waals surface area contributed by atoms with Crippen molar-refractivity contribution in [2.75, 3.05) is 6.61 Å². The molecule has 0 aromatic heterocycles. The van der Waals surface area contributed by atoms with E-state index in [1.807, 2.05) is 6.07 Å². The van der Waals surface area contributed by atoms with Crippen LogP contribution >= 0.6 is 38.5 Å². The lowest BCUT2D eigenvalue weighted by atomic mass is 10.1. The zero-order valence-corrected chi connectivity index (χ0v) is 16.3. The van der Waals surface area contributed by atoms with Crippen molar-refractivity contribution in [3.8, 4) is 5.75 Å². The van der Waals surface area contributed by atoms with Crippen molar-refractivity contribution < 1.29 is 23.8 Å². The van der Waals surface area contributed by atoms with Crippen LogP contribution in [0.3, 0.4) is 0 Å². The first-order valence-corrected chi connectivity index (χ1v) is 8.52. The molecular weight excluding hydrogens is 479 g/mol. The fraction of sp³-hybridized carbons (Fsp3) is 0.250. The SMILES string of the molecule is C=CCOc1c(I)cc(Br)cc1C=C1C(=O)OC(C)(C)OC1=O. The normalized spacial score (nSPS) is 16.4. The average molecular weight is 493 g/mol. The molecule has 7 heteroatoms. The van der Waals surface area contributed by atoms with Gasteiger partial charge in [0.25, 0.3) is 5.79 Å². The van der Waals surface area contributed by atoms with Gasteiger partial charge in [0.1, 0.15) is 17.9 Å². The van der Waals surface area contributed by atoms with Crippen molar-refractivity contribution in [2.24, 2.45) is 0 Å². The number of rotatable bonds is 4. The van der Waals surface area contributed by atoms with Crippen LogP contribution in [0.2, 0.25) is 0 Å². The van der Waals surface area contributed by atoms with Crippen LogP contribution in [0, 0.1) is 3.57 Å². The molecule has 1 heterocycles. The summed E-state index contributed by atoms with van der Waals surface area (Å²) in [5, 5.41) is 0. The number of ether oxygens (including phenoxy) is 3. The van der Waals surface area contributed by atoms with Gasteiger partial charge in [-0.05, 0) is 40.8 Å². The van der Waals surface area contributed by atoms with Crippen LogP contribution in [0.5, 0.6) is 5.75 Å². The number of hydrogen-bond donors (Lipinski definition) is 0. The summed E-state index contributed by atoms with van der Waals surface area (Å²) in [6.45, 7) is 6.91. The van der Waals surface area contributed by atoms with Crippen molar-refractivity contribution >= 4 is 56.5 Å². The zero-order valence-electron chi connectivity index (χ0n) is 12.5. The van der Waals surface area contributed by atoms with Gasteiger partial charge in [0.15, 0.2) is 0 Å². The molecule has 1 saturated heterocycles. The molecule has 0 saturated carbocycles. The van der Waals surface area contributed by atoms with Gasteiger partial charge in [-0.3, -0.25) is 0 Å². The summed E-state index contributed by atoms with van der Waals surface area (Å²) in [4.78, 5) is 24.1. The van der Waals surface area contributed by atoms with E-state index in [2.05, 4.69) is 45.1 Å². The van der Waals surface area contributed by atoms with Crippen LogP contribution < -0.4 is 4.74 Å². The van der Waals surface area contributed by atoms with E-state index in [4.69, 9.17) is 14.2 Å². The Bertz CT molecular complexity index is 687. The first-order chi connectivity index (χ1) is 10.7. The first-order valence-electron chi connectivity index (χ1n) is 6.64. The molecule has 1 fully saturated rings. The molecule has 0 unspecified atom stereocenters. The molecule has 1 aromatic carbocycles. The summed E-state index contributed by atoms with van der Waals surface area (Å²) >= 11 is 5.50. The summed E-state index contributed by atoms with van der Waals surface area (Å²) < 4.78 is 17.4. The van der Waals surface area contributed by atoms with Gasteiger partial charge in [0, 0.05) is 23.9 Å². The highest BCUT2D eigenvalue weighted by molar-refractivity contribution is 14.1. The monoisotopic (exact) mass is 492 g/mol. The Hall–Kier alpha value is -1.35. The molecule has 0 bridgehead atoms. The topological polar surface area (TPSA) is 61.8 Å². The lowest BCUT2D eigenvalue weighted by molar-refractivity contribution is -0.222. The van der Waals surface area contributed by atoms with Crippen LogP contribution in [0.4, 0.5) is 0 Å². The number of esters is 2. The fourth-order valence-corrected chi connectivity index (χ4v) is 3.62. The van der Waals surface area contributed by atoms with Crippen LogP contribution in [-0.4, -0.2) is 24.3 Å². The van der Waals surface area contributed by atoms with E-state index in [-0.39, 0.29) is 5.57 Å². The molecule has 1 aromatic rings. The zero-order chi connectivity index (χ0) is 17.2. The predicted molar refractivity (Wildman–Crippen MR) is 96.8 cm³/mol. The highest BCUT2D eigenvalue weighted by Crippen LogP contribution is 2.33. The Balaban J connectivity index is 2.47. The lowest BCUT2D eigenvalue weighted by Crippen LogP contribution is -2.41. The predicted octanol–water partition coefficient (Wildman–Crippen LogP) is 3.84. The van der Waals surface area contributed by atoms with E-state index in [0.717, 1.165) is 8.04 Å². The largest absolute Gasteiger partial charge is 0.488 e. The maximum atomic E-state index is 12.1. The molecule has 0 radical (unpaired) electrons. The number of carbonyl (C=O) groups is 2. The molecule has 1 aliphatic rings. The molecule has 0 aliphatic carbocycles. The number of benzene rings is 1. The molecular formula is C16H14BrIO5. The second-order valence-electron chi connectivity index (χ2n) is 5.14. The maximum absolute atomic E-state index is 12.1. The Morgan fingerprint density at radius 2 is 1.91 bits per heavy atom. The summed E-state index contributed by atoms with van der Waals surface area (Å²) in [5.74, 6) is -2.17. The minimum Gasteiger partial charge on any atom is -0.488 e. The van der Waals surface area contributed by atoms with E-state index in [1.165, 1.54) is 19.9 Å². The van der Waals surface area contributed by atoms with Crippen LogP contribution in [0.1, 0.15) is 19.4 Å². The van der Waals surface area contributed by atoms with Gasteiger partial charge >= 0.3 is 11.9 Å². The smallest absolute Gasteiger partial charge is 0.348 e. The number of cyclic esters (lactones) is 2. The number of hydrogen-bond acceptors (Lipinski definition) is 5. The molecule has 2 rings (SSSR count). The summed E-state index contributed by atoms with van der Waals surface area (Å²) in [6, 6.07) is 3.61. The van der Waals surface area contributed by atoms with Gasteiger partial charge in [-0.2, -0.15) is 0 Å². The standard InChI is InChI=1S/C16H14BrIO5/c1-4-5-21-13-9(6-10(17)8-12(13)18)7-11-14(19)22-16(2,3)23-15(11)20/h4,6-8H,1,5H2,2-3H3. The van der Waals surface area contributed by atoms with E-state index in [0.29, 0.717) is 17.9 Å². The van der Waals surface area contributed by atoms with Gasteiger partial charge in [-0.1, -0.05) is 28.6 Å². The van der Waals surface area contributed by atoms with Gasteiger partial charge in [0.2, 0.25) is 0 Å². The number of carbonyl (C=O) groups excluding carboxylic acids is 2. The molecule has 0 amide bonds. The van der Waals surface area contributed by atoms with Gasteiger partial charge in [-0.15, -0.1) is 0 Å². The highest BCUT2D eigenvalue weighted by Gasteiger charge is 2.39. The Morgan fingerprint density at radius 1 is 1.30 bits per heavy atom. The van der Waals surface area contributed by atoms with Crippen molar-refractivity contribution in [3.63, 3.8) is 0 Å². The highest BCUT2D eigenvalue weighted by atomic mass is 127. The van der Waals surface area contributed by atoms with E-state index >= 15 is 0 Å². The third-order valence-electron chi connectivity index (χ3n) is 2.80. The second-order valence-corrected chi connectivity index (χ2v) is 7.22. The van der Waals surface area contributed by atoms with Crippen LogP contribution in [-0.2, 0) is 19.1 Å². The summed E-state index contributed by atoms with van der Waals surface area (Å²) in [7, 11) is 0. The molecule has 0 spiro atoms. The van der Waals surface area contributed by atoms with Gasteiger partial charge < -0.3 is 14.2 Å². The van der Waals surface area contributed by atoms with Crippen molar-refractivity contribution in [1.29, 1.82) is 0 Å². The molecule has 1 aliphatic heterocycles. The Labute approximate surface area is 155 Å². The van der Waals surface area contributed by atoms with Crippen molar-refractivity contribution in [2.45, 2.75) is 19.6 Å². The van der Waals surface area contributed by atoms with Crippen molar-refractivity contribution in [3.05, 3.63) is 44.0 Å². The maximum Gasteiger partial charge on any atom is 0.348 e. The van der Waals surface area contributed by atoms with Crippen LogP contribution in [0.25, 0.3) is 6.08 Å². The molecule has 5 nitrogen and oxygen atoms in total. The molecule has 0 N–H and O–H groups in total. The lowest BCUT2D eigenvalue weighted by Gasteiger charge is -2.29. The second kappa shape index (κ2) is 7.04. The summed E-state index contributed by atoms with van der Waals surface area (Å²) in [5.41, 5.74) is 0.385. The van der Waals surface area contributed by atoms with Gasteiger partial charge in [-0.25, -0.2) is 9.59 Å². The third kappa shape index (κ3) is 4.35. The molecule has 122 valence electrons. The van der Waals surface area contributed by atoms with E-state index < -0.39 is 17.7 Å². The third-order valence-corrected chi connectivity index (χ3v) is 4.06. The summed E-state index contributed by atoms with van der Waals surface area (Å²) in [6.07, 6.45) is 3.02. The minimum absolute atomic E-state index is 0.179. The van der Waals surface area contributed by atoms with Crippen molar-refractivity contribution in [1.82, 2.24) is 0 Å². The fourth-order valence-electron chi connectivity index (χ4n) is 1.92. The quantitative estimate of drug-likeness (QED) is 0.210. The van der Waals surface area contributed by atoms with E-state index in [1.54, 1.807) is 12.1 Å². The Morgan fingerprint density at radius 3 is 2.48 bits per heavy atom. The number of halogens is 2. The van der Waals surface area contributed by atoms with Gasteiger partial charge in [0.05, 0.1) is 3.57 Å². The van der Waals surface area contributed by atoms with Crippen LogP contribution in [0.15, 0.2) is 34.8 Å². The average Bonchev–Trinajstić information content (AvgIpc) is 2.40. The first kappa shape index (κ1) is 18.0. The molecule has 0 atom stereocenters. The Kier molecular flexibility index (Phi) is 5.51.